The molecule has 0 unspecified atom stereocenters. The summed E-state index contributed by atoms with van der Waals surface area (Å²) in [5, 5.41) is 0. The second-order valence-corrected chi connectivity index (χ2v) is 4.88. The molecule has 0 bridgehead atoms. The number of pyridine rings is 1. The van der Waals surface area contributed by atoms with E-state index in [-0.39, 0.29) is 0 Å². The summed E-state index contributed by atoms with van der Waals surface area (Å²) >= 11 is 0. The van der Waals surface area contributed by atoms with Gasteiger partial charge in [-0.05, 0) is 18.9 Å². The Balaban J connectivity index is 2.20. The summed E-state index contributed by atoms with van der Waals surface area (Å²) in [6.07, 6.45) is 7.71. The number of carbonyl (C=O) groups is 1. The summed E-state index contributed by atoms with van der Waals surface area (Å²) in [6.45, 7) is 1.97. The Morgan fingerprint density at radius 2 is 1.89 bits per heavy atom. The summed E-state index contributed by atoms with van der Waals surface area (Å²) in [6, 6.07) is 1.74. The molecule has 5 nitrogen and oxygen atoms in total. The van der Waals surface area contributed by atoms with Gasteiger partial charge in [0.1, 0.15) is 5.82 Å². The van der Waals surface area contributed by atoms with Crippen LogP contribution in [0.4, 0.5) is 11.5 Å². The molecule has 1 fully saturated rings. The molecule has 0 spiro atoms. The molecule has 0 amide bonds. The van der Waals surface area contributed by atoms with Crippen LogP contribution in [0.1, 0.15) is 42.5 Å². The largest absolute Gasteiger partial charge is 0.465 e. The van der Waals surface area contributed by atoms with Crippen LogP contribution in [0.5, 0.6) is 0 Å². The van der Waals surface area contributed by atoms with Gasteiger partial charge in [-0.1, -0.05) is 19.3 Å². The van der Waals surface area contributed by atoms with E-state index in [1.165, 1.54) is 39.2 Å². The lowest BCUT2D eigenvalue weighted by atomic mass is 10.1. The SMILES string of the molecule is COC(=O)c1cc(N2CCCCCCC2)ncc1N. The monoisotopic (exact) mass is 263 g/mol. The van der Waals surface area contributed by atoms with E-state index in [0.717, 1.165) is 18.9 Å². The lowest BCUT2D eigenvalue weighted by molar-refractivity contribution is 0.0602. The van der Waals surface area contributed by atoms with Gasteiger partial charge in [0.25, 0.3) is 0 Å². The molecule has 2 N–H and O–H groups in total. The number of carbonyl (C=O) groups excluding carboxylic acids is 1. The number of nitrogens with zero attached hydrogens (tertiary/aromatic N) is 2. The predicted molar refractivity (Wildman–Crippen MR) is 75.3 cm³/mol. The fourth-order valence-corrected chi connectivity index (χ4v) is 2.39. The standard InChI is InChI=1S/C14H21N3O2/c1-19-14(18)11-9-13(16-10-12(11)15)17-7-5-3-2-4-6-8-17/h9-10H,2-8,15H2,1H3. The number of ether oxygens (including phenoxy) is 1. The number of rotatable bonds is 2. The Kier molecular flexibility index (Phi) is 4.60. The fourth-order valence-electron chi connectivity index (χ4n) is 2.39. The third kappa shape index (κ3) is 3.36. The van der Waals surface area contributed by atoms with Crippen LogP contribution in [0.3, 0.4) is 0 Å². The maximum Gasteiger partial charge on any atom is 0.340 e. The minimum absolute atomic E-state index is 0.364. The molecular weight excluding hydrogens is 242 g/mol. The van der Waals surface area contributed by atoms with Crippen molar-refractivity contribution in [3.63, 3.8) is 0 Å². The molecule has 0 aliphatic carbocycles. The molecule has 1 aromatic heterocycles. The molecule has 5 heteroatoms. The van der Waals surface area contributed by atoms with E-state index in [0.29, 0.717) is 11.3 Å². The maximum atomic E-state index is 11.6. The van der Waals surface area contributed by atoms with E-state index in [9.17, 15) is 4.79 Å². The first-order valence-corrected chi connectivity index (χ1v) is 6.81. The van der Waals surface area contributed by atoms with Crippen LogP contribution in [-0.4, -0.2) is 31.2 Å². The zero-order chi connectivity index (χ0) is 13.7. The number of nitrogens with two attached hydrogens (primary N) is 1. The highest BCUT2D eigenvalue weighted by atomic mass is 16.5. The van der Waals surface area contributed by atoms with Crippen LogP contribution in [0, 0.1) is 0 Å². The molecule has 0 atom stereocenters. The second-order valence-electron chi connectivity index (χ2n) is 4.88. The minimum atomic E-state index is -0.409. The number of aromatic nitrogens is 1. The van der Waals surface area contributed by atoms with Crippen LogP contribution < -0.4 is 10.6 Å². The number of hydrogen-bond acceptors (Lipinski definition) is 5. The maximum absolute atomic E-state index is 11.6. The highest BCUT2D eigenvalue weighted by molar-refractivity contribution is 5.95. The molecule has 1 aliphatic heterocycles. The van der Waals surface area contributed by atoms with Gasteiger partial charge in [-0.15, -0.1) is 0 Å². The van der Waals surface area contributed by atoms with Crippen LogP contribution in [0.15, 0.2) is 12.3 Å². The van der Waals surface area contributed by atoms with Crippen molar-refractivity contribution < 1.29 is 9.53 Å². The first kappa shape index (κ1) is 13.6. The van der Waals surface area contributed by atoms with E-state index in [1.807, 2.05) is 0 Å². The third-order valence-corrected chi connectivity index (χ3v) is 3.51. The number of nitrogen functional groups attached to an aromatic ring is 1. The first-order chi connectivity index (χ1) is 9.22. The molecule has 2 heterocycles. The minimum Gasteiger partial charge on any atom is -0.465 e. The molecule has 1 aliphatic rings. The van der Waals surface area contributed by atoms with Crippen LogP contribution >= 0.6 is 0 Å². The van der Waals surface area contributed by atoms with Gasteiger partial charge in [0.15, 0.2) is 0 Å². The van der Waals surface area contributed by atoms with Gasteiger partial charge < -0.3 is 15.4 Å². The van der Waals surface area contributed by atoms with Crippen molar-refractivity contribution >= 4 is 17.5 Å². The molecule has 19 heavy (non-hydrogen) atoms. The zero-order valence-corrected chi connectivity index (χ0v) is 11.4. The van der Waals surface area contributed by atoms with E-state index < -0.39 is 5.97 Å². The van der Waals surface area contributed by atoms with Gasteiger partial charge in [0, 0.05) is 13.1 Å². The summed E-state index contributed by atoms with van der Waals surface area (Å²) in [5.74, 6) is 0.407. The van der Waals surface area contributed by atoms with Gasteiger partial charge >= 0.3 is 5.97 Å². The molecule has 0 aromatic carbocycles. The van der Waals surface area contributed by atoms with Crippen LogP contribution in [0.25, 0.3) is 0 Å². The van der Waals surface area contributed by atoms with Crippen molar-refractivity contribution in [3.8, 4) is 0 Å². The number of anilines is 2. The van der Waals surface area contributed by atoms with Crippen molar-refractivity contribution in [2.24, 2.45) is 0 Å². The summed E-state index contributed by atoms with van der Waals surface area (Å²) in [7, 11) is 1.36. The lowest BCUT2D eigenvalue weighted by Gasteiger charge is -2.26. The van der Waals surface area contributed by atoms with E-state index in [2.05, 4.69) is 9.88 Å². The number of hydrogen-bond donors (Lipinski definition) is 1. The third-order valence-electron chi connectivity index (χ3n) is 3.51. The van der Waals surface area contributed by atoms with Gasteiger partial charge in [-0.25, -0.2) is 9.78 Å². The quantitative estimate of drug-likeness (QED) is 0.829. The molecule has 2 rings (SSSR count). The predicted octanol–water partition coefficient (Wildman–Crippen LogP) is 2.22. The summed E-state index contributed by atoms with van der Waals surface area (Å²) < 4.78 is 4.74. The average Bonchev–Trinajstić information content (AvgIpc) is 2.38. The van der Waals surface area contributed by atoms with Crippen LogP contribution in [0.2, 0.25) is 0 Å². The molecule has 1 aromatic rings. The van der Waals surface area contributed by atoms with Crippen molar-refractivity contribution in [3.05, 3.63) is 17.8 Å². The second kappa shape index (κ2) is 6.41. The van der Waals surface area contributed by atoms with Crippen LogP contribution in [-0.2, 0) is 4.74 Å². The molecule has 0 radical (unpaired) electrons. The highest BCUT2D eigenvalue weighted by Gasteiger charge is 2.15. The van der Waals surface area contributed by atoms with Crippen molar-refractivity contribution in [1.29, 1.82) is 0 Å². The lowest BCUT2D eigenvalue weighted by Crippen LogP contribution is -2.28. The summed E-state index contributed by atoms with van der Waals surface area (Å²) in [4.78, 5) is 18.2. The number of methoxy groups -OCH3 is 1. The topological polar surface area (TPSA) is 68.5 Å². The zero-order valence-electron chi connectivity index (χ0n) is 11.4. The molecule has 1 saturated heterocycles. The first-order valence-electron chi connectivity index (χ1n) is 6.81. The van der Waals surface area contributed by atoms with Gasteiger partial charge in [-0.2, -0.15) is 0 Å². The smallest absolute Gasteiger partial charge is 0.340 e. The Morgan fingerprint density at radius 3 is 2.53 bits per heavy atom. The summed E-state index contributed by atoms with van der Waals surface area (Å²) in [5.41, 5.74) is 6.53. The molecule has 104 valence electrons. The number of esters is 1. The highest BCUT2D eigenvalue weighted by Crippen LogP contribution is 2.21. The Hall–Kier alpha value is -1.78. The Labute approximate surface area is 113 Å². The van der Waals surface area contributed by atoms with E-state index in [4.69, 9.17) is 10.5 Å². The van der Waals surface area contributed by atoms with Gasteiger partial charge in [0.2, 0.25) is 0 Å². The molecule has 0 saturated carbocycles. The Bertz CT molecular complexity index is 440. The normalized spacial score (nSPS) is 16.6. The van der Waals surface area contributed by atoms with E-state index >= 15 is 0 Å². The Morgan fingerprint density at radius 1 is 1.26 bits per heavy atom. The van der Waals surface area contributed by atoms with Crippen molar-refractivity contribution in [2.75, 3.05) is 30.8 Å². The van der Waals surface area contributed by atoms with E-state index in [1.54, 1.807) is 12.3 Å². The van der Waals surface area contributed by atoms with Crippen molar-refractivity contribution in [1.82, 2.24) is 4.98 Å². The van der Waals surface area contributed by atoms with Gasteiger partial charge in [0.05, 0.1) is 24.6 Å². The van der Waals surface area contributed by atoms with Crippen molar-refractivity contribution in [2.45, 2.75) is 32.1 Å². The molecular formula is C14H21N3O2. The average molecular weight is 263 g/mol. The fraction of sp³-hybridized carbons (Fsp3) is 0.571. The van der Waals surface area contributed by atoms with Gasteiger partial charge in [-0.3, -0.25) is 0 Å².